The maximum absolute atomic E-state index is 13.1. The van der Waals surface area contributed by atoms with Crippen LogP contribution < -0.4 is 16.4 Å². The molecular formula is C63H72Cl7N9O7. The van der Waals surface area contributed by atoms with Crippen LogP contribution in [0.2, 0.25) is 30.1 Å². The van der Waals surface area contributed by atoms with Crippen LogP contribution in [0, 0.1) is 53.3 Å². The Morgan fingerprint density at radius 3 is 1.01 bits per heavy atom. The Hall–Kier alpha value is -4.43. The number of carboxylic acids is 1. The summed E-state index contributed by atoms with van der Waals surface area (Å²) in [6.07, 6.45) is 15.0. The number of aryl methyl sites for hydroxylation is 3. The van der Waals surface area contributed by atoms with Crippen molar-refractivity contribution in [2.24, 2.45) is 80.1 Å². The van der Waals surface area contributed by atoms with E-state index < -0.39 is 17.2 Å². The van der Waals surface area contributed by atoms with E-state index in [2.05, 4.69) is 25.9 Å². The lowest BCUT2D eigenvalue weighted by Gasteiger charge is -2.58. The molecule has 0 aliphatic heterocycles. The lowest BCUT2D eigenvalue weighted by molar-refractivity contribution is -0.137. The Labute approximate surface area is 536 Å². The summed E-state index contributed by atoms with van der Waals surface area (Å²) in [5, 5.41) is 62.0. The maximum Gasteiger partial charge on any atom is 0.358 e. The number of hydrogen-bond acceptors (Lipinski definition) is 10. The van der Waals surface area contributed by atoms with Gasteiger partial charge in [-0.1, -0.05) is 124 Å². The van der Waals surface area contributed by atoms with Crippen LogP contribution in [0.4, 0.5) is 0 Å². The predicted octanol–water partition coefficient (Wildman–Crippen LogP) is 12.5. The summed E-state index contributed by atoms with van der Waals surface area (Å²) in [4.78, 5) is 37.0. The van der Waals surface area contributed by atoms with Gasteiger partial charge in [0.2, 0.25) is 0 Å². The van der Waals surface area contributed by atoms with E-state index in [0.717, 1.165) is 101 Å². The van der Waals surface area contributed by atoms with Gasteiger partial charge in [0, 0.05) is 71.0 Å². The average molecular weight is 1320 g/mol. The fourth-order valence-corrected chi connectivity index (χ4v) is 19.4. The van der Waals surface area contributed by atoms with Crippen molar-refractivity contribution in [3.05, 3.63) is 120 Å². The molecule has 18 rings (SSSR count). The van der Waals surface area contributed by atoms with Crippen LogP contribution in [-0.2, 0) is 21.1 Å². The summed E-state index contributed by atoms with van der Waals surface area (Å²) in [5.41, 5.74) is 8.98. The molecule has 12 aliphatic carbocycles. The Bertz CT molecular complexity index is 3390. The van der Waals surface area contributed by atoms with Gasteiger partial charge in [-0.05, 0) is 168 Å². The predicted molar refractivity (Wildman–Crippen MR) is 336 cm³/mol. The lowest BCUT2D eigenvalue weighted by Crippen LogP contribution is -2.61. The normalized spacial score (nSPS) is 32.5. The summed E-state index contributed by atoms with van der Waals surface area (Å²) in [6.45, 7) is 0. The molecule has 12 bridgehead atoms. The summed E-state index contributed by atoms with van der Waals surface area (Å²) in [7, 11) is 5.15. The van der Waals surface area contributed by atoms with Gasteiger partial charge in [-0.15, -0.1) is 12.4 Å². The fourth-order valence-electron chi connectivity index (χ4n) is 17.7. The van der Waals surface area contributed by atoms with Gasteiger partial charge in [-0.25, -0.2) is 4.79 Å². The topological polar surface area (TPSA) is 236 Å². The zero-order valence-corrected chi connectivity index (χ0v) is 53.3. The number of hydrogen-bond donors (Lipinski definition) is 7. The Morgan fingerprint density at radius 1 is 0.465 bits per heavy atom. The van der Waals surface area contributed by atoms with Gasteiger partial charge in [0.1, 0.15) is 5.02 Å². The number of nitrogens with zero attached hydrogens (tertiary/aromatic N) is 6. The zero-order chi connectivity index (χ0) is 60.2. The second-order valence-electron chi connectivity index (χ2n) is 26.3. The maximum atomic E-state index is 13.1. The van der Waals surface area contributed by atoms with Gasteiger partial charge in [0.05, 0.1) is 43.9 Å². The molecule has 6 unspecified atom stereocenters. The highest BCUT2D eigenvalue weighted by molar-refractivity contribution is 6.39. The van der Waals surface area contributed by atoms with Crippen LogP contribution in [0.15, 0.2) is 72.8 Å². The number of aliphatic hydroxyl groups is 3. The standard InChI is InChI=1S/2C21H23Cl2N3O2.C11H8Cl2N2O2.C10H17NO.ClH/c2*1-26-19(14-4-2-3-5-15(14)22)16(23)18(25-26)20(27)24-17-12-6-11-7-13(17)10-21(28,8-11)9-12;1-15-10(6-4-2-3-5-7(6)12)8(13)9(14-15)11(16)17;11-9-7-1-6-2-8(9)5-10(12,3-6)4-7;/h2*2-5,11-13,17,28H,6-10H2,1H3,(H,24,27);2-5H,1H3,(H,16,17);6-9,12H,1-5,11H2;1H. The smallest absolute Gasteiger partial charge is 0.358 e. The quantitative estimate of drug-likeness (QED) is 0.0757. The summed E-state index contributed by atoms with van der Waals surface area (Å²) < 4.78 is 4.63. The van der Waals surface area contributed by atoms with Crippen molar-refractivity contribution in [3.8, 4) is 33.8 Å². The second-order valence-corrected chi connectivity index (χ2v) is 28.7. The molecule has 0 spiro atoms. The summed E-state index contributed by atoms with van der Waals surface area (Å²) >= 11 is 37.8. The molecule has 6 atom stereocenters. The highest BCUT2D eigenvalue weighted by Gasteiger charge is 2.57. The average Bonchev–Trinajstić information content (AvgIpc) is 1.47. The van der Waals surface area contributed by atoms with E-state index in [1.54, 1.807) is 66.9 Å². The number of rotatable bonds is 8. The minimum absolute atomic E-state index is 0. The van der Waals surface area contributed by atoms with Crippen LogP contribution in [-0.4, -0.2) is 102 Å². The van der Waals surface area contributed by atoms with Gasteiger partial charge >= 0.3 is 5.97 Å². The van der Waals surface area contributed by atoms with Crippen LogP contribution in [0.1, 0.15) is 128 Å². The van der Waals surface area contributed by atoms with E-state index in [1.165, 1.54) is 17.5 Å². The third kappa shape index (κ3) is 12.1. The summed E-state index contributed by atoms with van der Waals surface area (Å²) in [5.74, 6) is 2.97. The lowest BCUT2D eigenvalue weighted by atomic mass is 9.52. The van der Waals surface area contributed by atoms with Crippen molar-refractivity contribution >= 4 is 99.8 Å². The number of aromatic carboxylic acids is 1. The van der Waals surface area contributed by atoms with Gasteiger partial charge in [0.15, 0.2) is 17.1 Å². The Morgan fingerprint density at radius 2 is 0.733 bits per heavy atom. The third-order valence-corrected chi connectivity index (χ3v) is 22.4. The van der Waals surface area contributed by atoms with Crippen molar-refractivity contribution in [2.75, 3.05) is 0 Å². The largest absolute Gasteiger partial charge is 0.476 e. The van der Waals surface area contributed by atoms with Gasteiger partial charge in [-0.2, -0.15) is 15.3 Å². The molecule has 23 heteroatoms. The second kappa shape index (κ2) is 24.4. The van der Waals surface area contributed by atoms with Crippen molar-refractivity contribution < 1.29 is 34.8 Å². The minimum Gasteiger partial charge on any atom is -0.476 e. The minimum atomic E-state index is -1.16. The molecule has 12 fully saturated rings. The molecule has 12 saturated carbocycles. The first-order valence-electron chi connectivity index (χ1n) is 29.6. The SMILES string of the molecule is Cl.Cn1nc(C(=O)NC2C3CC4CC2CC(O)(C4)C3)c(Cl)c1-c1ccccc1Cl.Cn1nc(C(=O)NC2C3CC4CC2CC(O)(C4)C3)c(Cl)c1-c1ccccc1Cl.Cn1nc(C(=O)O)c(Cl)c1-c1ccccc1Cl.NC1C2CC3CC1CC(O)(C3)C2. The molecule has 460 valence electrons. The molecule has 3 aromatic heterocycles. The van der Waals surface area contributed by atoms with Gasteiger partial charge in [-0.3, -0.25) is 23.6 Å². The third-order valence-electron chi connectivity index (χ3n) is 20.4. The number of carbonyl (C=O) groups is 3. The van der Waals surface area contributed by atoms with E-state index in [-0.39, 0.29) is 64.0 Å². The Kier molecular flexibility index (Phi) is 17.9. The van der Waals surface area contributed by atoms with Crippen molar-refractivity contribution in [1.29, 1.82) is 0 Å². The number of carboxylic acid groups (broad SMARTS) is 1. The molecule has 3 heterocycles. The molecule has 3 aromatic carbocycles. The number of halogens is 7. The molecule has 6 aromatic rings. The van der Waals surface area contributed by atoms with Crippen molar-refractivity contribution in [3.63, 3.8) is 0 Å². The van der Waals surface area contributed by atoms with Gasteiger partial charge in [0.25, 0.3) is 11.8 Å². The van der Waals surface area contributed by atoms with Crippen LogP contribution in [0.25, 0.3) is 33.8 Å². The van der Waals surface area contributed by atoms with E-state index in [1.807, 2.05) is 36.4 Å². The van der Waals surface area contributed by atoms with Crippen LogP contribution >= 0.6 is 82.0 Å². The van der Waals surface area contributed by atoms with Crippen LogP contribution in [0.3, 0.4) is 0 Å². The molecule has 0 radical (unpaired) electrons. The molecule has 16 nitrogen and oxygen atoms in total. The first kappa shape index (κ1) is 63.1. The molecule has 0 saturated heterocycles. The van der Waals surface area contributed by atoms with E-state index in [9.17, 15) is 29.7 Å². The first-order chi connectivity index (χ1) is 40.4. The van der Waals surface area contributed by atoms with E-state index in [0.29, 0.717) is 101 Å². The number of carbonyl (C=O) groups excluding carboxylic acids is 2. The number of benzene rings is 3. The molecule has 12 aliphatic rings. The molecule has 86 heavy (non-hydrogen) atoms. The highest BCUT2D eigenvalue weighted by atomic mass is 35.5. The number of nitrogens with two attached hydrogens (primary N) is 1. The van der Waals surface area contributed by atoms with Gasteiger partial charge < -0.3 is 36.8 Å². The van der Waals surface area contributed by atoms with Crippen molar-refractivity contribution in [1.82, 2.24) is 40.0 Å². The van der Waals surface area contributed by atoms with Crippen LogP contribution in [0.5, 0.6) is 0 Å². The van der Waals surface area contributed by atoms with Crippen molar-refractivity contribution in [2.45, 2.75) is 131 Å². The number of aromatic nitrogens is 6. The van der Waals surface area contributed by atoms with E-state index >= 15 is 0 Å². The summed E-state index contributed by atoms with van der Waals surface area (Å²) in [6, 6.07) is 22.4. The molecular weight excluding hydrogens is 1240 g/mol. The zero-order valence-electron chi connectivity index (χ0n) is 47.9. The highest BCUT2D eigenvalue weighted by Crippen LogP contribution is 2.58. The number of amides is 2. The monoisotopic (exact) mass is 1310 g/mol. The van der Waals surface area contributed by atoms with E-state index in [4.69, 9.17) is 80.4 Å². The fraction of sp³-hybridized carbons (Fsp3) is 0.524. The Balaban J connectivity index is 0.000000124. The first-order valence-corrected chi connectivity index (χ1v) is 31.8. The number of nitrogens with one attached hydrogen (secondary N) is 2. The molecule has 2 amide bonds. The molecule has 8 N–H and O–H groups in total.